The average Bonchev–Trinajstić information content (AvgIpc) is 2.88. The first kappa shape index (κ1) is 15.7. The van der Waals surface area contributed by atoms with Crippen molar-refractivity contribution in [2.45, 2.75) is 65.2 Å². The highest BCUT2D eigenvalue weighted by molar-refractivity contribution is 6.43. The zero-order chi connectivity index (χ0) is 16.4. The SMILES string of the molecule is C[C@]12CCC(=O)C(Cl)=C1CC[C@@H]1[C@H]2CC[C@]2(C)C(C#N)CC[C@@H]12. The Kier molecular flexibility index (Phi) is 3.48. The minimum atomic E-state index is 0.125. The minimum Gasteiger partial charge on any atom is -0.293 e. The first-order chi connectivity index (χ1) is 10.9. The fourth-order valence-electron chi connectivity index (χ4n) is 6.86. The molecule has 0 aromatic carbocycles. The maximum atomic E-state index is 12.0. The van der Waals surface area contributed by atoms with Gasteiger partial charge < -0.3 is 0 Å². The molecule has 0 saturated heterocycles. The lowest BCUT2D eigenvalue weighted by Crippen LogP contribution is -2.50. The number of fused-ring (bicyclic) bond motifs is 5. The number of Topliss-reactive ketones (excluding diaryl/α,β-unsaturated/α-hetero) is 1. The van der Waals surface area contributed by atoms with Crippen LogP contribution in [0, 0.1) is 45.8 Å². The Morgan fingerprint density at radius 2 is 1.87 bits per heavy atom. The maximum absolute atomic E-state index is 12.0. The Labute approximate surface area is 144 Å². The largest absolute Gasteiger partial charge is 0.293 e. The Morgan fingerprint density at radius 1 is 1.09 bits per heavy atom. The lowest BCUT2D eigenvalue weighted by Gasteiger charge is -2.57. The number of allylic oxidation sites excluding steroid dienone is 1. The molecule has 4 aliphatic rings. The lowest BCUT2D eigenvalue weighted by molar-refractivity contribution is -0.117. The number of nitriles is 1. The number of carbonyl (C=O) groups excluding carboxylic acids is 1. The van der Waals surface area contributed by atoms with E-state index in [2.05, 4.69) is 19.9 Å². The van der Waals surface area contributed by atoms with Crippen molar-refractivity contribution in [3.8, 4) is 6.07 Å². The Balaban J connectivity index is 1.71. The van der Waals surface area contributed by atoms with Crippen LogP contribution in [-0.2, 0) is 4.79 Å². The third-order valence-electron chi connectivity index (χ3n) is 8.21. The van der Waals surface area contributed by atoms with Crippen LogP contribution in [0.4, 0.5) is 0 Å². The van der Waals surface area contributed by atoms with Crippen LogP contribution in [0.25, 0.3) is 0 Å². The highest BCUT2D eigenvalue weighted by Crippen LogP contribution is 2.67. The molecule has 2 nitrogen and oxygen atoms in total. The van der Waals surface area contributed by atoms with Crippen molar-refractivity contribution < 1.29 is 4.79 Å². The van der Waals surface area contributed by atoms with Crippen LogP contribution in [0.5, 0.6) is 0 Å². The second-order valence-corrected chi connectivity index (χ2v) is 9.23. The zero-order valence-electron chi connectivity index (χ0n) is 14.2. The lowest BCUT2D eigenvalue weighted by atomic mass is 9.47. The van der Waals surface area contributed by atoms with E-state index in [0.29, 0.717) is 23.3 Å². The highest BCUT2D eigenvalue weighted by atomic mass is 35.5. The van der Waals surface area contributed by atoms with E-state index in [4.69, 9.17) is 11.6 Å². The average molecular weight is 332 g/mol. The number of hydrogen-bond acceptors (Lipinski definition) is 2. The molecule has 3 heteroatoms. The first-order valence-electron chi connectivity index (χ1n) is 9.24. The molecule has 23 heavy (non-hydrogen) atoms. The molecular weight excluding hydrogens is 306 g/mol. The van der Waals surface area contributed by atoms with Gasteiger partial charge in [-0.3, -0.25) is 4.79 Å². The molecule has 6 atom stereocenters. The Bertz CT molecular complexity index is 632. The van der Waals surface area contributed by atoms with Gasteiger partial charge >= 0.3 is 0 Å². The fraction of sp³-hybridized carbons (Fsp3) is 0.800. The van der Waals surface area contributed by atoms with Crippen molar-refractivity contribution >= 4 is 17.4 Å². The summed E-state index contributed by atoms with van der Waals surface area (Å²) in [5, 5.41) is 10.1. The van der Waals surface area contributed by atoms with Gasteiger partial charge in [0.15, 0.2) is 5.78 Å². The summed E-state index contributed by atoms with van der Waals surface area (Å²) < 4.78 is 0. The van der Waals surface area contributed by atoms with Gasteiger partial charge in [0.05, 0.1) is 17.0 Å². The summed E-state index contributed by atoms with van der Waals surface area (Å²) in [6.45, 7) is 4.74. The molecule has 0 heterocycles. The normalized spacial score (nSPS) is 49.2. The van der Waals surface area contributed by atoms with Gasteiger partial charge in [0.2, 0.25) is 0 Å². The van der Waals surface area contributed by atoms with Gasteiger partial charge in [-0.05, 0) is 79.1 Å². The molecule has 4 rings (SSSR count). The quantitative estimate of drug-likeness (QED) is 0.610. The van der Waals surface area contributed by atoms with Gasteiger partial charge in [0, 0.05) is 6.42 Å². The number of rotatable bonds is 0. The molecule has 0 spiro atoms. The van der Waals surface area contributed by atoms with E-state index < -0.39 is 0 Å². The molecule has 3 saturated carbocycles. The van der Waals surface area contributed by atoms with Crippen LogP contribution < -0.4 is 0 Å². The van der Waals surface area contributed by atoms with Crippen molar-refractivity contribution in [3.63, 3.8) is 0 Å². The number of nitrogens with zero attached hydrogens (tertiary/aromatic N) is 1. The van der Waals surface area contributed by atoms with E-state index >= 15 is 0 Å². The molecule has 124 valence electrons. The number of ketones is 1. The number of halogens is 1. The Morgan fingerprint density at radius 3 is 2.61 bits per heavy atom. The van der Waals surface area contributed by atoms with Crippen LogP contribution in [-0.4, -0.2) is 5.78 Å². The third-order valence-corrected chi connectivity index (χ3v) is 8.65. The van der Waals surface area contributed by atoms with Crippen molar-refractivity contribution in [2.24, 2.45) is 34.5 Å². The molecule has 1 unspecified atom stereocenters. The Hall–Kier alpha value is -0.810. The van der Waals surface area contributed by atoms with Crippen LogP contribution in [0.1, 0.15) is 65.2 Å². The van der Waals surface area contributed by atoms with Crippen LogP contribution in [0.15, 0.2) is 10.6 Å². The molecule has 0 amide bonds. The second-order valence-electron chi connectivity index (χ2n) is 8.85. The van der Waals surface area contributed by atoms with Crippen LogP contribution in [0.3, 0.4) is 0 Å². The van der Waals surface area contributed by atoms with Crippen molar-refractivity contribution in [1.29, 1.82) is 5.26 Å². The third kappa shape index (κ3) is 1.95. The molecule has 0 N–H and O–H groups in total. The van der Waals surface area contributed by atoms with E-state index in [1.54, 1.807) is 0 Å². The summed E-state index contributed by atoms with van der Waals surface area (Å²) in [5.74, 6) is 2.47. The zero-order valence-corrected chi connectivity index (χ0v) is 15.0. The second kappa shape index (κ2) is 5.09. The van der Waals surface area contributed by atoms with Crippen molar-refractivity contribution in [3.05, 3.63) is 10.6 Å². The topological polar surface area (TPSA) is 40.9 Å². The maximum Gasteiger partial charge on any atom is 0.174 e. The van der Waals surface area contributed by atoms with Gasteiger partial charge in [0.25, 0.3) is 0 Å². The summed E-state index contributed by atoms with van der Waals surface area (Å²) in [6.07, 6.45) is 8.43. The predicted octanol–water partition coefficient (Wildman–Crippen LogP) is 5.22. The molecule has 3 fully saturated rings. The molecule has 0 radical (unpaired) electrons. The van der Waals surface area contributed by atoms with E-state index in [-0.39, 0.29) is 22.5 Å². The van der Waals surface area contributed by atoms with Crippen molar-refractivity contribution in [2.75, 3.05) is 0 Å². The molecule has 4 aliphatic carbocycles. The number of carbonyl (C=O) groups is 1. The monoisotopic (exact) mass is 331 g/mol. The molecular formula is C20H26ClNO. The number of hydrogen-bond donors (Lipinski definition) is 0. The summed E-state index contributed by atoms with van der Waals surface area (Å²) in [4.78, 5) is 12.0. The fourth-order valence-corrected chi connectivity index (χ4v) is 7.27. The standard InChI is InChI=1S/C20H26ClNO/c1-19-9-7-15-13(14(19)5-3-12(19)11-22)4-6-16-18(21)17(23)8-10-20(15,16)2/h12-15H,3-10H2,1-2H3/t12?,13-,14-,15+,19+,20+/m0/s1. The first-order valence-corrected chi connectivity index (χ1v) is 9.61. The van der Waals surface area contributed by atoms with Gasteiger partial charge in [-0.2, -0.15) is 5.26 Å². The summed E-state index contributed by atoms with van der Waals surface area (Å²) in [5.41, 5.74) is 1.61. The summed E-state index contributed by atoms with van der Waals surface area (Å²) >= 11 is 6.43. The molecule has 0 aliphatic heterocycles. The van der Waals surface area contributed by atoms with Crippen LogP contribution >= 0.6 is 11.6 Å². The smallest absolute Gasteiger partial charge is 0.174 e. The summed E-state index contributed by atoms with van der Waals surface area (Å²) in [6, 6.07) is 2.60. The van der Waals surface area contributed by atoms with Crippen molar-refractivity contribution in [1.82, 2.24) is 0 Å². The summed E-state index contributed by atoms with van der Waals surface area (Å²) in [7, 11) is 0. The van der Waals surface area contributed by atoms with Crippen LogP contribution in [0.2, 0.25) is 0 Å². The minimum absolute atomic E-state index is 0.125. The molecule has 0 aromatic heterocycles. The van der Waals surface area contributed by atoms with Gasteiger partial charge in [-0.15, -0.1) is 0 Å². The van der Waals surface area contributed by atoms with Gasteiger partial charge in [-0.1, -0.05) is 25.4 Å². The molecule has 0 aromatic rings. The van der Waals surface area contributed by atoms with E-state index in [0.717, 1.165) is 31.6 Å². The molecule has 0 bridgehead atoms. The van der Waals surface area contributed by atoms with E-state index in [1.165, 1.54) is 24.8 Å². The van der Waals surface area contributed by atoms with Gasteiger partial charge in [-0.25, -0.2) is 0 Å². The van der Waals surface area contributed by atoms with E-state index in [1.807, 2.05) is 0 Å². The predicted molar refractivity (Wildman–Crippen MR) is 90.6 cm³/mol. The van der Waals surface area contributed by atoms with E-state index in [9.17, 15) is 10.1 Å². The van der Waals surface area contributed by atoms with Gasteiger partial charge in [0.1, 0.15) is 0 Å². The highest BCUT2D eigenvalue weighted by Gasteiger charge is 2.59.